The van der Waals surface area contributed by atoms with E-state index in [-0.39, 0.29) is 17.4 Å². The Kier molecular flexibility index (Phi) is 7.26. The zero-order valence-electron chi connectivity index (χ0n) is 17.1. The van der Waals surface area contributed by atoms with Gasteiger partial charge in [0.2, 0.25) is 6.41 Å². The van der Waals surface area contributed by atoms with Crippen LogP contribution in [-0.2, 0) is 9.53 Å². The number of nitrogens with zero attached hydrogens (tertiary/aromatic N) is 4. The van der Waals surface area contributed by atoms with Crippen LogP contribution in [0.2, 0.25) is 0 Å². The van der Waals surface area contributed by atoms with Crippen molar-refractivity contribution in [2.75, 3.05) is 19.0 Å². The molecule has 0 aliphatic heterocycles. The van der Waals surface area contributed by atoms with Crippen LogP contribution in [0.1, 0.15) is 36.2 Å². The van der Waals surface area contributed by atoms with Gasteiger partial charge in [0.25, 0.3) is 0 Å². The highest BCUT2D eigenvalue weighted by molar-refractivity contribution is 5.92. The number of aromatic nitrogens is 4. The van der Waals surface area contributed by atoms with Crippen LogP contribution in [0.4, 0.5) is 10.2 Å². The van der Waals surface area contributed by atoms with Crippen LogP contribution in [0, 0.1) is 5.82 Å². The van der Waals surface area contributed by atoms with Crippen molar-refractivity contribution in [3.05, 3.63) is 54.1 Å². The molecule has 3 rings (SSSR count). The minimum absolute atomic E-state index is 0.0337. The topological polar surface area (TPSA) is 108 Å². The molecule has 0 unspecified atom stereocenters. The molecule has 1 N–H and O–H groups in total. The molecule has 0 saturated carbocycles. The van der Waals surface area contributed by atoms with E-state index in [1.807, 2.05) is 11.5 Å². The number of methoxy groups -OCH3 is 1. The van der Waals surface area contributed by atoms with E-state index < -0.39 is 11.8 Å². The summed E-state index contributed by atoms with van der Waals surface area (Å²) < 4.78 is 25.7. The zero-order chi connectivity index (χ0) is 22.2. The average molecular weight is 427 g/mol. The van der Waals surface area contributed by atoms with Crippen LogP contribution in [0.3, 0.4) is 0 Å². The molecule has 2 aromatic heterocycles. The first kappa shape index (κ1) is 21.9. The molecule has 0 bridgehead atoms. The summed E-state index contributed by atoms with van der Waals surface area (Å²) in [6.45, 7) is 2.34. The number of carbonyl (C=O) groups excluding carboxylic acids is 2. The molecule has 162 valence electrons. The predicted molar refractivity (Wildman–Crippen MR) is 110 cm³/mol. The van der Waals surface area contributed by atoms with Crippen molar-refractivity contribution >= 4 is 18.2 Å². The van der Waals surface area contributed by atoms with Gasteiger partial charge in [-0.05, 0) is 50.1 Å². The first-order chi connectivity index (χ1) is 15.0. The molecule has 0 aliphatic rings. The summed E-state index contributed by atoms with van der Waals surface area (Å²) in [7, 11) is 1.23. The molecule has 10 heteroatoms. The number of benzene rings is 1. The third-order valence-corrected chi connectivity index (χ3v) is 4.60. The number of carbonyl (C=O) groups is 2. The maximum atomic E-state index is 13.4. The third kappa shape index (κ3) is 5.41. The van der Waals surface area contributed by atoms with E-state index in [1.165, 1.54) is 19.2 Å². The smallest absolute Gasteiger partial charge is 0.341 e. The molecular formula is C21H22FN5O4. The van der Waals surface area contributed by atoms with Gasteiger partial charge in [0.05, 0.1) is 13.7 Å². The molecule has 0 saturated heterocycles. The van der Waals surface area contributed by atoms with E-state index >= 15 is 0 Å². The van der Waals surface area contributed by atoms with E-state index in [0.717, 1.165) is 12.5 Å². The lowest BCUT2D eigenvalue weighted by Crippen LogP contribution is -2.10. The molecular weight excluding hydrogens is 405 g/mol. The summed E-state index contributed by atoms with van der Waals surface area (Å²) in [6.07, 6.45) is 3.58. The summed E-state index contributed by atoms with van der Waals surface area (Å²) in [4.78, 5) is 26.8. The van der Waals surface area contributed by atoms with Gasteiger partial charge >= 0.3 is 5.97 Å². The van der Waals surface area contributed by atoms with Gasteiger partial charge in [-0.3, -0.25) is 4.79 Å². The summed E-state index contributed by atoms with van der Waals surface area (Å²) in [5, 5.41) is 10.6. The number of hydrogen-bond acceptors (Lipinski definition) is 7. The zero-order valence-corrected chi connectivity index (χ0v) is 17.1. The Bertz CT molecular complexity index is 1060. The average Bonchev–Trinajstić information content (AvgIpc) is 3.27. The van der Waals surface area contributed by atoms with Crippen LogP contribution in [0.5, 0.6) is 5.75 Å². The number of pyridine rings is 1. The van der Waals surface area contributed by atoms with Crippen molar-refractivity contribution in [2.24, 2.45) is 0 Å². The van der Waals surface area contributed by atoms with E-state index in [4.69, 9.17) is 4.74 Å². The standard InChI is InChI=1S/C21H22FN5O4/c1-14(5-4-10-31-18-9-8-15(22)11-16(18)21(29)30-2)27-12-24-26-20(27)17-6-3-7-19(25-17)23-13-28/h3,6-9,11-14H,4-5,10H2,1-2H3,(H,23,25,28)/t14-/m1/s1. The van der Waals surface area contributed by atoms with E-state index in [0.29, 0.717) is 36.8 Å². The molecule has 0 radical (unpaired) electrons. The molecule has 31 heavy (non-hydrogen) atoms. The second kappa shape index (κ2) is 10.3. The SMILES string of the molecule is COC(=O)c1cc(F)ccc1OCCC[C@@H](C)n1cnnc1-c1cccc(NC=O)n1. The number of hydrogen-bond donors (Lipinski definition) is 1. The fourth-order valence-electron chi connectivity index (χ4n) is 3.05. The Hall–Kier alpha value is -3.82. The summed E-state index contributed by atoms with van der Waals surface area (Å²) >= 11 is 0. The maximum absolute atomic E-state index is 13.4. The summed E-state index contributed by atoms with van der Waals surface area (Å²) in [5.41, 5.74) is 0.632. The minimum Gasteiger partial charge on any atom is -0.493 e. The summed E-state index contributed by atoms with van der Waals surface area (Å²) in [6, 6.07) is 9.00. The van der Waals surface area contributed by atoms with Crippen molar-refractivity contribution in [1.29, 1.82) is 0 Å². The van der Waals surface area contributed by atoms with Gasteiger partial charge in [0, 0.05) is 6.04 Å². The van der Waals surface area contributed by atoms with E-state index in [9.17, 15) is 14.0 Å². The Balaban J connectivity index is 1.61. The fraction of sp³-hybridized carbons (Fsp3) is 0.286. The number of anilines is 1. The first-order valence-corrected chi connectivity index (χ1v) is 9.61. The second-order valence-corrected chi connectivity index (χ2v) is 6.70. The van der Waals surface area contributed by atoms with E-state index in [1.54, 1.807) is 24.5 Å². The van der Waals surface area contributed by atoms with Crippen LogP contribution in [0.15, 0.2) is 42.7 Å². The van der Waals surface area contributed by atoms with Crippen molar-refractivity contribution < 1.29 is 23.5 Å². The normalized spacial score (nSPS) is 11.6. The van der Waals surface area contributed by atoms with Crippen molar-refractivity contribution in [3.63, 3.8) is 0 Å². The van der Waals surface area contributed by atoms with Crippen LogP contribution < -0.4 is 10.1 Å². The molecule has 1 amide bonds. The lowest BCUT2D eigenvalue weighted by molar-refractivity contribution is -0.105. The number of rotatable bonds is 10. The van der Waals surface area contributed by atoms with E-state index in [2.05, 4.69) is 25.2 Å². The molecule has 9 nitrogen and oxygen atoms in total. The lowest BCUT2D eigenvalue weighted by atomic mass is 10.1. The fourth-order valence-corrected chi connectivity index (χ4v) is 3.05. The number of amides is 1. The van der Waals surface area contributed by atoms with Gasteiger partial charge in [0.15, 0.2) is 5.82 Å². The van der Waals surface area contributed by atoms with Gasteiger partial charge < -0.3 is 19.4 Å². The number of ether oxygens (including phenoxy) is 2. The predicted octanol–water partition coefficient (Wildman–Crippen LogP) is 3.25. The highest BCUT2D eigenvalue weighted by atomic mass is 19.1. The Labute approximate surface area is 178 Å². The maximum Gasteiger partial charge on any atom is 0.341 e. The van der Waals surface area contributed by atoms with Gasteiger partial charge in [-0.2, -0.15) is 0 Å². The molecule has 0 aliphatic carbocycles. The molecule has 1 atom stereocenters. The highest BCUT2D eigenvalue weighted by Crippen LogP contribution is 2.24. The number of halogens is 1. The van der Waals surface area contributed by atoms with Gasteiger partial charge in [-0.25, -0.2) is 14.2 Å². The Morgan fingerprint density at radius 3 is 2.94 bits per heavy atom. The van der Waals surface area contributed by atoms with Crippen LogP contribution >= 0.6 is 0 Å². The van der Waals surface area contributed by atoms with Crippen molar-refractivity contribution in [3.8, 4) is 17.3 Å². The largest absolute Gasteiger partial charge is 0.493 e. The monoisotopic (exact) mass is 427 g/mol. The van der Waals surface area contributed by atoms with Gasteiger partial charge in [-0.1, -0.05) is 6.07 Å². The van der Waals surface area contributed by atoms with Gasteiger partial charge in [0.1, 0.15) is 35.0 Å². The second-order valence-electron chi connectivity index (χ2n) is 6.70. The van der Waals surface area contributed by atoms with Crippen LogP contribution in [0.25, 0.3) is 11.5 Å². The number of nitrogens with one attached hydrogen (secondary N) is 1. The molecule has 3 aromatic rings. The third-order valence-electron chi connectivity index (χ3n) is 4.60. The lowest BCUT2D eigenvalue weighted by Gasteiger charge is -2.16. The molecule has 2 heterocycles. The Morgan fingerprint density at radius 1 is 1.32 bits per heavy atom. The van der Waals surface area contributed by atoms with Crippen molar-refractivity contribution in [1.82, 2.24) is 19.7 Å². The van der Waals surface area contributed by atoms with Crippen LogP contribution in [-0.4, -0.2) is 45.8 Å². The van der Waals surface area contributed by atoms with Gasteiger partial charge in [-0.15, -0.1) is 10.2 Å². The first-order valence-electron chi connectivity index (χ1n) is 9.61. The highest BCUT2D eigenvalue weighted by Gasteiger charge is 2.16. The molecule has 1 aromatic carbocycles. The minimum atomic E-state index is -0.657. The molecule has 0 fully saturated rings. The summed E-state index contributed by atoms with van der Waals surface area (Å²) in [5.74, 6) is 0.0752. The Morgan fingerprint density at radius 2 is 2.16 bits per heavy atom. The molecule has 0 spiro atoms. The van der Waals surface area contributed by atoms with Crippen molar-refractivity contribution in [2.45, 2.75) is 25.8 Å². The quantitative estimate of drug-likeness (QED) is 0.301. The number of esters is 1.